The summed E-state index contributed by atoms with van der Waals surface area (Å²) in [6.45, 7) is 0.208. The lowest BCUT2D eigenvalue weighted by atomic mass is 9.94. The molecule has 4 nitrogen and oxygen atoms in total. The maximum atomic E-state index is 13.9. The Morgan fingerprint density at radius 2 is 1.54 bits per heavy atom. The molecule has 3 aromatic rings. The highest BCUT2D eigenvalue weighted by Crippen LogP contribution is 2.25. The predicted octanol–water partition coefficient (Wildman–Crippen LogP) is 7.28. The molecule has 0 heterocycles. The first kappa shape index (κ1) is 27.5. The monoisotopic (exact) mass is 556 g/mol. The summed E-state index contributed by atoms with van der Waals surface area (Å²) in [6.07, 6.45) is 5.76. The van der Waals surface area contributed by atoms with Gasteiger partial charge in [-0.05, 0) is 47.7 Å². The zero-order valence-corrected chi connectivity index (χ0v) is 22.9. The number of carbonyl (C=O) groups excluding carboxylic acids is 2. The Labute approximate surface area is 233 Å². The summed E-state index contributed by atoms with van der Waals surface area (Å²) in [7, 11) is 0. The van der Waals surface area contributed by atoms with Gasteiger partial charge in [0.05, 0.1) is 6.42 Å². The Hall–Kier alpha value is -2.53. The highest BCUT2D eigenvalue weighted by molar-refractivity contribution is 6.35. The Morgan fingerprint density at radius 3 is 2.24 bits per heavy atom. The molecule has 37 heavy (non-hydrogen) atoms. The third-order valence-corrected chi connectivity index (χ3v) is 7.83. The molecule has 3 aromatic carbocycles. The molecule has 0 bridgehead atoms. The van der Waals surface area contributed by atoms with Crippen LogP contribution < -0.4 is 5.32 Å². The van der Waals surface area contributed by atoms with Crippen molar-refractivity contribution in [1.29, 1.82) is 0 Å². The molecule has 1 saturated carbocycles. The topological polar surface area (TPSA) is 49.4 Å². The number of carbonyl (C=O) groups is 2. The van der Waals surface area contributed by atoms with E-state index < -0.39 is 6.04 Å². The standard InChI is InChI=1S/C30H31Cl3N2O2/c31-24-16-15-22(27(33)19-24)18-29(36)35(20-23-11-7-8-14-26(23)32)28(17-21-9-3-1-4-10-21)30(37)34-25-12-5-2-6-13-25/h1,3-4,7-11,14-16,19,25,28H,2,5-6,12-13,17-18,20H2,(H,34,37)/t28-/m0/s1. The van der Waals surface area contributed by atoms with E-state index in [2.05, 4.69) is 5.32 Å². The van der Waals surface area contributed by atoms with Gasteiger partial charge in [-0.15, -0.1) is 0 Å². The number of nitrogens with one attached hydrogen (secondary N) is 1. The Morgan fingerprint density at radius 1 is 0.838 bits per heavy atom. The normalized spacial score (nSPS) is 14.7. The van der Waals surface area contributed by atoms with Crippen molar-refractivity contribution in [1.82, 2.24) is 10.2 Å². The molecule has 0 radical (unpaired) electrons. The van der Waals surface area contributed by atoms with Crippen LogP contribution in [-0.4, -0.2) is 28.8 Å². The van der Waals surface area contributed by atoms with E-state index in [1.54, 1.807) is 29.2 Å². The number of nitrogens with zero attached hydrogens (tertiary/aromatic N) is 1. The van der Waals surface area contributed by atoms with Crippen LogP contribution in [0.1, 0.15) is 48.8 Å². The van der Waals surface area contributed by atoms with E-state index in [4.69, 9.17) is 34.8 Å². The second-order valence-corrected chi connectivity index (χ2v) is 10.8. The van der Waals surface area contributed by atoms with Gasteiger partial charge in [0.1, 0.15) is 6.04 Å². The second kappa shape index (κ2) is 13.3. The van der Waals surface area contributed by atoms with Crippen LogP contribution >= 0.6 is 34.8 Å². The van der Waals surface area contributed by atoms with E-state index in [1.165, 1.54) is 6.42 Å². The van der Waals surface area contributed by atoms with Gasteiger partial charge in [0.15, 0.2) is 0 Å². The molecule has 7 heteroatoms. The molecule has 0 unspecified atom stereocenters. The van der Waals surface area contributed by atoms with Crippen molar-refractivity contribution >= 4 is 46.6 Å². The van der Waals surface area contributed by atoms with Crippen molar-refractivity contribution in [2.45, 2.75) is 63.6 Å². The Balaban J connectivity index is 1.68. The van der Waals surface area contributed by atoms with Gasteiger partial charge in [0, 0.05) is 34.1 Å². The first-order valence-electron chi connectivity index (χ1n) is 12.7. The second-order valence-electron chi connectivity index (χ2n) is 9.57. The number of benzene rings is 3. The van der Waals surface area contributed by atoms with Gasteiger partial charge >= 0.3 is 0 Å². The molecule has 4 rings (SSSR count). The van der Waals surface area contributed by atoms with Gasteiger partial charge in [0.2, 0.25) is 11.8 Å². The quantitative estimate of drug-likeness (QED) is 0.301. The molecule has 0 spiro atoms. The average Bonchev–Trinajstić information content (AvgIpc) is 2.90. The van der Waals surface area contributed by atoms with Crippen molar-refractivity contribution in [2.24, 2.45) is 0 Å². The van der Waals surface area contributed by atoms with Crippen LogP contribution in [0, 0.1) is 0 Å². The summed E-state index contributed by atoms with van der Waals surface area (Å²) in [5.41, 5.74) is 2.42. The molecular formula is C30H31Cl3N2O2. The third kappa shape index (κ3) is 7.73. The molecule has 1 fully saturated rings. The van der Waals surface area contributed by atoms with E-state index >= 15 is 0 Å². The van der Waals surface area contributed by atoms with E-state index in [0.717, 1.165) is 36.8 Å². The lowest BCUT2D eigenvalue weighted by Gasteiger charge is -2.34. The summed E-state index contributed by atoms with van der Waals surface area (Å²) in [5, 5.41) is 4.72. The Kier molecular flexibility index (Phi) is 9.90. The van der Waals surface area contributed by atoms with Crippen molar-refractivity contribution in [2.75, 3.05) is 0 Å². The average molecular weight is 558 g/mol. The predicted molar refractivity (Wildman–Crippen MR) is 151 cm³/mol. The number of halogens is 3. The molecule has 1 N–H and O–H groups in total. The van der Waals surface area contributed by atoms with Crippen LogP contribution in [-0.2, 0) is 29.0 Å². The highest BCUT2D eigenvalue weighted by Gasteiger charge is 2.32. The van der Waals surface area contributed by atoms with Crippen LogP contribution in [0.3, 0.4) is 0 Å². The van der Waals surface area contributed by atoms with E-state index in [0.29, 0.717) is 27.1 Å². The van der Waals surface area contributed by atoms with Crippen molar-refractivity contribution < 1.29 is 9.59 Å². The van der Waals surface area contributed by atoms with Gasteiger partial charge in [0.25, 0.3) is 0 Å². The number of rotatable bonds is 9. The maximum Gasteiger partial charge on any atom is 0.243 e. The molecule has 1 atom stereocenters. The third-order valence-electron chi connectivity index (χ3n) is 6.88. The lowest BCUT2D eigenvalue weighted by molar-refractivity contribution is -0.141. The number of amides is 2. The fourth-order valence-corrected chi connectivity index (χ4v) is 5.51. The van der Waals surface area contributed by atoms with Crippen LogP contribution in [0.4, 0.5) is 0 Å². The highest BCUT2D eigenvalue weighted by atomic mass is 35.5. The van der Waals surface area contributed by atoms with Gasteiger partial charge in [-0.3, -0.25) is 9.59 Å². The van der Waals surface area contributed by atoms with Gasteiger partial charge in [-0.2, -0.15) is 0 Å². The fourth-order valence-electron chi connectivity index (χ4n) is 4.84. The smallest absolute Gasteiger partial charge is 0.243 e. The van der Waals surface area contributed by atoms with Gasteiger partial charge in [-0.1, -0.05) is 109 Å². The van der Waals surface area contributed by atoms with Crippen molar-refractivity contribution in [3.8, 4) is 0 Å². The van der Waals surface area contributed by atoms with Crippen LogP contribution in [0.5, 0.6) is 0 Å². The first-order chi connectivity index (χ1) is 17.9. The minimum Gasteiger partial charge on any atom is -0.352 e. The van der Waals surface area contributed by atoms with Crippen molar-refractivity contribution in [3.63, 3.8) is 0 Å². The summed E-state index contributed by atoms with van der Waals surface area (Å²) in [5.74, 6) is -0.345. The molecule has 1 aliphatic carbocycles. The summed E-state index contributed by atoms with van der Waals surface area (Å²) < 4.78 is 0. The molecule has 1 aliphatic rings. The zero-order valence-electron chi connectivity index (χ0n) is 20.6. The summed E-state index contributed by atoms with van der Waals surface area (Å²) in [6, 6.07) is 21.7. The van der Waals surface area contributed by atoms with Gasteiger partial charge in [-0.25, -0.2) is 0 Å². The minimum absolute atomic E-state index is 0.0441. The summed E-state index contributed by atoms with van der Waals surface area (Å²) >= 11 is 19.0. The van der Waals surface area contributed by atoms with Crippen LogP contribution in [0.15, 0.2) is 72.8 Å². The molecule has 0 aromatic heterocycles. The zero-order chi connectivity index (χ0) is 26.2. The van der Waals surface area contributed by atoms with Crippen LogP contribution in [0.2, 0.25) is 15.1 Å². The molecule has 2 amide bonds. The Bertz CT molecular complexity index is 1210. The number of hydrogen-bond donors (Lipinski definition) is 1. The SMILES string of the molecule is O=C(NC1CCCCC1)[C@H](Cc1ccccc1)N(Cc1ccccc1Cl)C(=O)Cc1ccc(Cl)cc1Cl. The number of hydrogen-bond acceptors (Lipinski definition) is 2. The fraction of sp³-hybridized carbons (Fsp3) is 0.333. The first-order valence-corrected chi connectivity index (χ1v) is 13.8. The molecule has 0 aliphatic heterocycles. The molecule has 194 valence electrons. The summed E-state index contributed by atoms with van der Waals surface area (Å²) in [4.78, 5) is 29.4. The molecular weight excluding hydrogens is 527 g/mol. The largest absolute Gasteiger partial charge is 0.352 e. The van der Waals surface area contributed by atoms with Crippen molar-refractivity contribution in [3.05, 3.63) is 105 Å². The van der Waals surface area contributed by atoms with E-state index in [1.807, 2.05) is 48.5 Å². The van der Waals surface area contributed by atoms with Crippen LogP contribution in [0.25, 0.3) is 0 Å². The van der Waals surface area contributed by atoms with E-state index in [9.17, 15) is 9.59 Å². The maximum absolute atomic E-state index is 13.9. The van der Waals surface area contributed by atoms with E-state index in [-0.39, 0.29) is 30.8 Å². The van der Waals surface area contributed by atoms with Gasteiger partial charge < -0.3 is 10.2 Å². The molecule has 0 saturated heterocycles. The lowest BCUT2D eigenvalue weighted by Crippen LogP contribution is -2.53. The minimum atomic E-state index is -0.709.